The molecule has 2 aromatic rings. The molecule has 1 N–H and O–H groups in total. The molecule has 2 aromatic carbocycles. The number of ether oxygens (including phenoxy) is 2. The number of benzene rings is 2. The molecule has 0 unspecified atom stereocenters. The Morgan fingerprint density at radius 3 is 2.54 bits per heavy atom. The zero-order valence-corrected chi connectivity index (χ0v) is 15.1. The molecule has 0 radical (unpaired) electrons. The lowest BCUT2D eigenvalue weighted by Crippen LogP contribution is -2.20. The fourth-order valence-corrected chi connectivity index (χ4v) is 2.25. The van der Waals surface area contributed by atoms with Crippen molar-refractivity contribution in [3.05, 3.63) is 65.5 Å². The number of nitrogens with one attached hydrogen (secondary N) is 1. The van der Waals surface area contributed by atoms with Crippen LogP contribution in [0.25, 0.3) is 6.08 Å². The Bertz CT molecular complexity index is 741. The maximum absolute atomic E-state index is 12.9. The first-order valence-corrected chi connectivity index (χ1v) is 8.72. The van der Waals surface area contributed by atoms with E-state index in [4.69, 9.17) is 9.47 Å². The highest BCUT2D eigenvalue weighted by atomic mass is 19.1. The molecule has 0 aliphatic rings. The van der Waals surface area contributed by atoms with Gasteiger partial charge in [-0.2, -0.15) is 0 Å². The molecule has 0 spiro atoms. The highest BCUT2D eigenvalue weighted by molar-refractivity contribution is 5.91. The topological polar surface area (TPSA) is 47.6 Å². The van der Waals surface area contributed by atoms with Crippen molar-refractivity contribution < 1.29 is 18.7 Å². The van der Waals surface area contributed by atoms with Crippen molar-refractivity contribution in [2.75, 3.05) is 13.2 Å². The van der Waals surface area contributed by atoms with E-state index in [1.165, 1.54) is 18.2 Å². The van der Waals surface area contributed by atoms with Gasteiger partial charge in [0.1, 0.15) is 5.82 Å². The Balaban J connectivity index is 1.96. The highest BCUT2D eigenvalue weighted by Crippen LogP contribution is 2.29. The standard InChI is InChI=1S/C21H24FNO3/c1-3-13-26-19-11-7-16(14-20(19)25-4-2)8-12-21(24)23-15-17-5-9-18(22)10-6-17/h5-12,14H,3-4,13,15H2,1-2H3,(H,23,24)/b12-8+. The molecule has 0 atom stereocenters. The largest absolute Gasteiger partial charge is 0.490 e. The number of halogens is 1. The average Bonchev–Trinajstić information content (AvgIpc) is 2.65. The Labute approximate surface area is 153 Å². The SMILES string of the molecule is CCCOc1ccc(/C=C/C(=O)NCc2ccc(F)cc2)cc1OCC. The molecular weight excluding hydrogens is 333 g/mol. The van der Waals surface area contributed by atoms with E-state index in [0.717, 1.165) is 17.5 Å². The molecule has 26 heavy (non-hydrogen) atoms. The first-order valence-electron chi connectivity index (χ1n) is 8.72. The first kappa shape index (κ1) is 19.5. The van der Waals surface area contributed by atoms with Gasteiger partial charge in [-0.05, 0) is 54.8 Å². The van der Waals surface area contributed by atoms with Gasteiger partial charge in [0.15, 0.2) is 11.5 Å². The number of carbonyl (C=O) groups is 1. The van der Waals surface area contributed by atoms with Crippen LogP contribution in [0.3, 0.4) is 0 Å². The summed E-state index contributed by atoms with van der Waals surface area (Å²) in [6.07, 6.45) is 4.09. The quantitative estimate of drug-likeness (QED) is 0.679. The molecule has 5 heteroatoms. The van der Waals surface area contributed by atoms with Crippen LogP contribution in [-0.4, -0.2) is 19.1 Å². The Hall–Kier alpha value is -2.82. The normalized spacial score (nSPS) is 10.7. The Kier molecular flexibility index (Phi) is 7.68. The Morgan fingerprint density at radius 1 is 1.08 bits per heavy atom. The summed E-state index contributed by atoms with van der Waals surface area (Å²) in [5, 5.41) is 2.76. The molecule has 0 bridgehead atoms. The van der Waals surface area contributed by atoms with Crippen LogP contribution < -0.4 is 14.8 Å². The van der Waals surface area contributed by atoms with Crippen molar-refractivity contribution in [3.8, 4) is 11.5 Å². The van der Waals surface area contributed by atoms with Crippen LogP contribution >= 0.6 is 0 Å². The monoisotopic (exact) mass is 357 g/mol. The summed E-state index contributed by atoms with van der Waals surface area (Å²) in [6.45, 7) is 5.46. The molecule has 138 valence electrons. The lowest BCUT2D eigenvalue weighted by Gasteiger charge is -2.12. The molecule has 4 nitrogen and oxygen atoms in total. The molecule has 0 aliphatic heterocycles. The summed E-state index contributed by atoms with van der Waals surface area (Å²) in [7, 11) is 0. The van der Waals surface area contributed by atoms with Crippen LogP contribution in [0.15, 0.2) is 48.5 Å². The minimum absolute atomic E-state index is 0.224. The van der Waals surface area contributed by atoms with Crippen molar-refractivity contribution in [2.45, 2.75) is 26.8 Å². The van der Waals surface area contributed by atoms with Crippen LogP contribution in [0, 0.1) is 5.82 Å². The second-order valence-corrected chi connectivity index (χ2v) is 5.67. The van der Waals surface area contributed by atoms with Gasteiger partial charge in [-0.15, -0.1) is 0 Å². The van der Waals surface area contributed by atoms with Crippen LogP contribution in [0.2, 0.25) is 0 Å². The molecule has 0 heterocycles. The molecule has 1 amide bonds. The zero-order valence-electron chi connectivity index (χ0n) is 15.1. The van der Waals surface area contributed by atoms with Crippen LogP contribution in [-0.2, 0) is 11.3 Å². The van der Waals surface area contributed by atoms with Gasteiger partial charge in [0.25, 0.3) is 0 Å². The number of carbonyl (C=O) groups excluding carboxylic acids is 1. The third-order valence-electron chi connectivity index (χ3n) is 3.54. The third kappa shape index (κ3) is 6.24. The van der Waals surface area contributed by atoms with E-state index in [9.17, 15) is 9.18 Å². The summed E-state index contributed by atoms with van der Waals surface area (Å²) in [4.78, 5) is 11.9. The van der Waals surface area contributed by atoms with Gasteiger partial charge in [-0.25, -0.2) is 4.39 Å². The van der Waals surface area contributed by atoms with Gasteiger partial charge in [-0.1, -0.05) is 25.1 Å². The van der Waals surface area contributed by atoms with Crippen LogP contribution in [0.5, 0.6) is 11.5 Å². The van der Waals surface area contributed by atoms with E-state index in [-0.39, 0.29) is 11.7 Å². The van der Waals surface area contributed by atoms with E-state index >= 15 is 0 Å². The summed E-state index contributed by atoms with van der Waals surface area (Å²) in [5.41, 5.74) is 1.68. The molecular formula is C21H24FNO3. The fourth-order valence-electron chi connectivity index (χ4n) is 2.25. The molecule has 0 saturated heterocycles. The second kappa shape index (κ2) is 10.2. The predicted octanol–water partition coefficient (Wildman–Crippen LogP) is 4.34. The van der Waals surface area contributed by atoms with Gasteiger partial charge in [0.2, 0.25) is 5.91 Å². The lowest BCUT2D eigenvalue weighted by atomic mass is 10.2. The number of hydrogen-bond donors (Lipinski definition) is 1. The fraction of sp³-hybridized carbons (Fsp3) is 0.286. The summed E-state index contributed by atoms with van der Waals surface area (Å²) in [5.74, 6) is 0.844. The second-order valence-electron chi connectivity index (χ2n) is 5.67. The van der Waals surface area contributed by atoms with E-state index in [1.807, 2.05) is 32.0 Å². The van der Waals surface area contributed by atoms with E-state index < -0.39 is 0 Å². The minimum atomic E-state index is -0.295. The number of hydrogen-bond acceptors (Lipinski definition) is 3. The molecule has 2 rings (SSSR count). The third-order valence-corrected chi connectivity index (χ3v) is 3.54. The van der Waals surface area contributed by atoms with Gasteiger partial charge in [0, 0.05) is 12.6 Å². The zero-order chi connectivity index (χ0) is 18.8. The van der Waals surface area contributed by atoms with Crippen molar-refractivity contribution in [1.29, 1.82) is 0 Å². The average molecular weight is 357 g/mol. The van der Waals surface area contributed by atoms with E-state index in [0.29, 0.717) is 31.3 Å². The van der Waals surface area contributed by atoms with E-state index in [2.05, 4.69) is 5.32 Å². The summed E-state index contributed by atoms with van der Waals surface area (Å²) < 4.78 is 24.1. The molecule has 0 saturated carbocycles. The predicted molar refractivity (Wildman–Crippen MR) is 101 cm³/mol. The maximum Gasteiger partial charge on any atom is 0.244 e. The van der Waals surface area contributed by atoms with Crippen molar-refractivity contribution in [2.24, 2.45) is 0 Å². The first-order chi connectivity index (χ1) is 12.6. The molecule has 0 aromatic heterocycles. The molecule has 0 fully saturated rings. The van der Waals surface area contributed by atoms with Gasteiger partial charge >= 0.3 is 0 Å². The van der Waals surface area contributed by atoms with Crippen molar-refractivity contribution in [3.63, 3.8) is 0 Å². The van der Waals surface area contributed by atoms with Gasteiger partial charge in [0.05, 0.1) is 13.2 Å². The van der Waals surface area contributed by atoms with E-state index in [1.54, 1.807) is 18.2 Å². The smallest absolute Gasteiger partial charge is 0.244 e. The minimum Gasteiger partial charge on any atom is -0.490 e. The van der Waals surface area contributed by atoms with Crippen molar-refractivity contribution >= 4 is 12.0 Å². The van der Waals surface area contributed by atoms with Crippen molar-refractivity contribution in [1.82, 2.24) is 5.32 Å². The summed E-state index contributed by atoms with van der Waals surface area (Å²) >= 11 is 0. The summed E-state index contributed by atoms with van der Waals surface area (Å²) in [6, 6.07) is 11.6. The van der Waals surface area contributed by atoms with Gasteiger partial charge < -0.3 is 14.8 Å². The van der Waals surface area contributed by atoms with Crippen LogP contribution in [0.4, 0.5) is 4.39 Å². The maximum atomic E-state index is 12.9. The Morgan fingerprint density at radius 2 is 1.85 bits per heavy atom. The molecule has 0 aliphatic carbocycles. The van der Waals surface area contributed by atoms with Crippen LogP contribution in [0.1, 0.15) is 31.4 Å². The van der Waals surface area contributed by atoms with Gasteiger partial charge in [-0.3, -0.25) is 4.79 Å². The lowest BCUT2D eigenvalue weighted by molar-refractivity contribution is -0.116. The highest BCUT2D eigenvalue weighted by Gasteiger charge is 2.05. The number of amides is 1. The number of rotatable bonds is 9.